The lowest BCUT2D eigenvalue weighted by atomic mass is 9.82. The molecule has 0 N–H and O–H groups in total. The first kappa shape index (κ1) is 17.3. The Morgan fingerprint density at radius 2 is 1.50 bits per heavy atom. The van der Waals surface area contributed by atoms with E-state index in [0.29, 0.717) is 6.42 Å². The number of hydrogen-bond donors (Lipinski definition) is 0. The molecule has 0 aromatic heterocycles. The SMILES string of the molecule is O=C1OC2(CCCCC2)CN(Cc2ccccc2)[C@H]1Cc1ccccc1. The molecule has 0 unspecified atom stereocenters. The number of benzene rings is 2. The van der Waals surface area contributed by atoms with E-state index < -0.39 is 0 Å². The van der Waals surface area contributed by atoms with Crippen LogP contribution in [0, 0.1) is 0 Å². The van der Waals surface area contributed by atoms with E-state index in [4.69, 9.17) is 4.74 Å². The molecule has 0 amide bonds. The summed E-state index contributed by atoms with van der Waals surface area (Å²) in [5.74, 6) is -0.0436. The van der Waals surface area contributed by atoms with Crippen molar-refractivity contribution in [2.45, 2.75) is 56.7 Å². The van der Waals surface area contributed by atoms with Crippen LogP contribution in [0.4, 0.5) is 0 Å². The number of carbonyl (C=O) groups excluding carboxylic acids is 1. The van der Waals surface area contributed by atoms with Crippen molar-refractivity contribution in [1.82, 2.24) is 4.90 Å². The van der Waals surface area contributed by atoms with Gasteiger partial charge in [0.05, 0.1) is 0 Å². The van der Waals surface area contributed by atoms with Gasteiger partial charge in [0.2, 0.25) is 0 Å². The molecular weight excluding hydrogens is 322 g/mol. The Hall–Kier alpha value is -2.13. The van der Waals surface area contributed by atoms with Crippen molar-refractivity contribution in [3.05, 3.63) is 71.8 Å². The largest absolute Gasteiger partial charge is 0.457 e. The summed E-state index contributed by atoms with van der Waals surface area (Å²) in [5, 5.41) is 0. The second kappa shape index (κ2) is 7.63. The van der Waals surface area contributed by atoms with Gasteiger partial charge < -0.3 is 4.74 Å². The summed E-state index contributed by atoms with van der Waals surface area (Å²) < 4.78 is 6.09. The van der Waals surface area contributed by atoms with Gasteiger partial charge in [-0.05, 0) is 43.2 Å². The van der Waals surface area contributed by atoms with E-state index in [-0.39, 0.29) is 17.6 Å². The van der Waals surface area contributed by atoms with Crippen molar-refractivity contribution in [2.24, 2.45) is 0 Å². The molecule has 0 radical (unpaired) electrons. The summed E-state index contributed by atoms with van der Waals surface area (Å²) in [4.78, 5) is 15.4. The van der Waals surface area contributed by atoms with Gasteiger partial charge in [-0.2, -0.15) is 0 Å². The predicted molar refractivity (Wildman–Crippen MR) is 103 cm³/mol. The Morgan fingerprint density at radius 3 is 2.15 bits per heavy atom. The maximum atomic E-state index is 13.0. The number of rotatable bonds is 4. The molecule has 2 aliphatic rings. The molecule has 0 bridgehead atoms. The van der Waals surface area contributed by atoms with Gasteiger partial charge in [-0.1, -0.05) is 67.1 Å². The zero-order valence-electron chi connectivity index (χ0n) is 15.3. The van der Waals surface area contributed by atoms with Gasteiger partial charge in [0.1, 0.15) is 11.6 Å². The fraction of sp³-hybridized carbons (Fsp3) is 0.435. The molecule has 136 valence electrons. The Labute approximate surface area is 156 Å². The zero-order valence-corrected chi connectivity index (χ0v) is 15.3. The fourth-order valence-corrected chi connectivity index (χ4v) is 4.43. The molecule has 1 saturated carbocycles. The molecule has 4 rings (SSSR count). The number of morpholine rings is 1. The molecule has 1 saturated heterocycles. The van der Waals surface area contributed by atoms with Crippen LogP contribution in [0.25, 0.3) is 0 Å². The molecule has 2 fully saturated rings. The van der Waals surface area contributed by atoms with Gasteiger partial charge >= 0.3 is 5.97 Å². The highest BCUT2D eigenvalue weighted by atomic mass is 16.6. The smallest absolute Gasteiger partial charge is 0.324 e. The van der Waals surface area contributed by atoms with Crippen LogP contribution in [-0.4, -0.2) is 29.1 Å². The van der Waals surface area contributed by atoms with Gasteiger partial charge in [0, 0.05) is 13.1 Å². The highest BCUT2D eigenvalue weighted by Crippen LogP contribution is 2.37. The first-order chi connectivity index (χ1) is 12.7. The number of carbonyl (C=O) groups is 1. The summed E-state index contributed by atoms with van der Waals surface area (Å²) in [6.07, 6.45) is 6.30. The fourth-order valence-electron chi connectivity index (χ4n) is 4.43. The van der Waals surface area contributed by atoms with Crippen molar-refractivity contribution in [3.8, 4) is 0 Å². The van der Waals surface area contributed by atoms with Crippen LogP contribution in [0.5, 0.6) is 0 Å². The van der Waals surface area contributed by atoms with E-state index in [9.17, 15) is 4.79 Å². The Bertz CT molecular complexity index is 722. The summed E-state index contributed by atoms with van der Waals surface area (Å²) in [6, 6.07) is 20.5. The average Bonchev–Trinajstić information content (AvgIpc) is 2.67. The number of esters is 1. The van der Waals surface area contributed by atoms with Crippen molar-refractivity contribution >= 4 is 5.97 Å². The summed E-state index contributed by atoms with van der Waals surface area (Å²) in [5.41, 5.74) is 2.18. The lowest BCUT2D eigenvalue weighted by molar-refractivity contribution is -0.188. The van der Waals surface area contributed by atoms with Crippen LogP contribution < -0.4 is 0 Å². The summed E-state index contributed by atoms with van der Waals surface area (Å²) in [7, 11) is 0. The minimum atomic E-state index is -0.267. The first-order valence-corrected chi connectivity index (χ1v) is 9.79. The molecular formula is C23H27NO2. The van der Waals surface area contributed by atoms with Crippen LogP contribution in [-0.2, 0) is 22.5 Å². The van der Waals surface area contributed by atoms with Crippen LogP contribution in [0.15, 0.2) is 60.7 Å². The van der Waals surface area contributed by atoms with E-state index in [2.05, 4.69) is 41.3 Å². The van der Waals surface area contributed by atoms with E-state index in [0.717, 1.165) is 38.8 Å². The van der Waals surface area contributed by atoms with Crippen LogP contribution in [0.1, 0.15) is 43.2 Å². The Balaban J connectivity index is 1.58. The minimum absolute atomic E-state index is 0.0436. The standard InChI is InChI=1S/C23H27NO2/c25-22-21(16-19-10-4-1-5-11-19)24(17-20-12-6-2-7-13-20)18-23(26-22)14-8-3-9-15-23/h1-2,4-7,10-13,21H,3,8-9,14-18H2/t21-/m0/s1. The van der Waals surface area contributed by atoms with E-state index in [1.165, 1.54) is 17.5 Å². The number of ether oxygens (including phenoxy) is 1. The molecule has 1 spiro atoms. The van der Waals surface area contributed by atoms with Gasteiger partial charge in [0.25, 0.3) is 0 Å². The predicted octanol–water partition coefficient (Wildman–Crippen LogP) is 4.36. The molecule has 1 atom stereocenters. The molecule has 2 aromatic carbocycles. The normalized spacial score (nSPS) is 22.9. The third-order valence-corrected chi connectivity index (χ3v) is 5.79. The average molecular weight is 349 g/mol. The van der Waals surface area contributed by atoms with E-state index in [1.807, 2.05) is 24.3 Å². The number of nitrogens with zero attached hydrogens (tertiary/aromatic N) is 1. The van der Waals surface area contributed by atoms with Gasteiger partial charge in [-0.15, -0.1) is 0 Å². The van der Waals surface area contributed by atoms with Gasteiger partial charge in [-0.3, -0.25) is 9.69 Å². The zero-order chi connectivity index (χ0) is 17.8. The number of hydrogen-bond acceptors (Lipinski definition) is 3. The van der Waals surface area contributed by atoms with Crippen molar-refractivity contribution in [2.75, 3.05) is 6.54 Å². The molecule has 26 heavy (non-hydrogen) atoms. The third kappa shape index (κ3) is 3.83. The second-order valence-electron chi connectivity index (χ2n) is 7.76. The molecule has 1 aliphatic carbocycles. The quantitative estimate of drug-likeness (QED) is 0.768. The Morgan fingerprint density at radius 1 is 0.885 bits per heavy atom. The van der Waals surface area contributed by atoms with Crippen molar-refractivity contribution in [3.63, 3.8) is 0 Å². The third-order valence-electron chi connectivity index (χ3n) is 5.79. The Kier molecular flexibility index (Phi) is 5.07. The minimum Gasteiger partial charge on any atom is -0.457 e. The monoisotopic (exact) mass is 349 g/mol. The van der Waals surface area contributed by atoms with Gasteiger partial charge in [0.15, 0.2) is 0 Å². The molecule has 3 nitrogen and oxygen atoms in total. The molecule has 2 aromatic rings. The topological polar surface area (TPSA) is 29.5 Å². The molecule has 1 heterocycles. The van der Waals surface area contributed by atoms with Crippen LogP contribution in [0.3, 0.4) is 0 Å². The van der Waals surface area contributed by atoms with Crippen LogP contribution in [0.2, 0.25) is 0 Å². The maximum Gasteiger partial charge on any atom is 0.324 e. The highest BCUT2D eigenvalue weighted by Gasteiger charge is 2.46. The summed E-state index contributed by atoms with van der Waals surface area (Å²) >= 11 is 0. The van der Waals surface area contributed by atoms with Crippen LogP contribution >= 0.6 is 0 Å². The summed E-state index contributed by atoms with van der Waals surface area (Å²) in [6.45, 7) is 1.65. The van der Waals surface area contributed by atoms with Crippen molar-refractivity contribution in [1.29, 1.82) is 0 Å². The molecule has 1 aliphatic heterocycles. The molecule has 3 heteroatoms. The van der Waals surface area contributed by atoms with E-state index >= 15 is 0 Å². The lowest BCUT2D eigenvalue weighted by Gasteiger charge is -2.47. The van der Waals surface area contributed by atoms with E-state index in [1.54, 1.807) is 0 Å². The lowest BCUT2D eigenvalue weighted by Crippen LogP contribution is -2.59. The van der Waals surface area contributed by atoms with Gasteiger partial charge in [-0.25, -0.2) is 0 Å². The second-order valence-corrected chi connectivity index (χ2v) is 7.76. The maximum absolute atomic E-state index is 13.0. The highest BCUT2D eigenvalue weighted by molar-refractivity contribution is 5.77. The van der Waals surface area contributed by atoms with Crippen molar-refractivity contribution < 1.29 is 9.53 Å². The first-order valence-electron chi connectivity index (χ1n) is 9.79.